The largest absolute Gasteiger partial charge is 0.0883 e. The van der Waals surface area contributed by atoms with E-state index < -0.39 is 0 Å². The van der Waals surface area contributed by atoms with Crippen molar-refractivity contribution >= 4 is 0 Å². The number of hydrogen-bond acceptors (Lipinski definition) is 0. The first-order valence-electron chi connectivity index (χ1n) is 3.06. The Morgan fingerprint density at radius 3 is 2.50 bits per heavy atom. The maximum Gasteiger partial charge on any atom is -0.0262 e. The van der Waals surface area contributed by atoms with Crippen molar-refractivity contribution in [1.29, 1.82) is 0 Å². The van der Waals surface area contributed by atoms with Gasteiger partial charge in [0.1, 0.15) is 0 Å². The highest BCUT2D eigenvalue weighted by atomic mass is 13.9. The zero-order chi connectivity index (χ0) is 6.41. The third kappa shape index (κ3) is 3.91. The Morgan fingerprint density at radius 2 is 2.12 bits per heavy atom. The van der Waals surface area contributed by atoms with Crippen LogP contribution < -0.4 is 0 Å². The van der Waals surface area contributed by atoms with Crippen LogP contribution in [0, 0.1) is 19.8 Å². The van der Waals surface area contributed by atoms with Crippen LogP contribution in [0.5, 0.6) is 0 Å². The van der Waals surface area contributed by atoms with E-state index >= 15 is 0 Å². The van der Waals surface area contributed by atoms with Crippen LogP contribution in [0.15, 0.2) is 12.2 Å². The highest BCUT2D eigenvalue weighted by Crippen LogP contribution is 2.01. The summed E-state index contributed by atoms with van der Waals surface area (Å²) in [4.78, 5) is 0. The van der Waals surface area contributed by atoms with Crippen LogP contribution in [0.1, 0.15) is 19.8 Å². The molecule has 0 aliphatic rings. The standard InChI is InChI=1S/C8H14/c1-4-6-7-8(3)5-2/h6-8H,1-2,4-5H2,3H3. The molecule has 1 atom stereocenters. The van der Waals surface area contributed by atoms with E-state index in [1.165, 1.54) is 0 Å². The molecule has 0 fully saturated rings. The Hall–Kier alpha value is -0.260. The van der Waals surface area contributed by atoms with E-state index in [4.69, 9.17) is 0 Å². The summed E-state index contributed by atoms with van der Waals surface area (Å²) in [5, 5.41) is 0. The quantitative estimate of drug-likeness (QED) is 0.490. The smallest absolute Gasteiger partial charge is 0.0262 e. The van der Waals surface area contributed by atoms with Gasteiger partial charge in [-0.15, -0.1) is 0 Å². The van der Waals surface area contributed by atoms with Crippen LogP contribution in [0.25, 0.3) is 0 Å². The average molecular weight is 110 g/mol. The van der Waals surface area contributed by atoms with Gasteiger partial charge in [0.15, 0.2) is 0 Å². The molecule has 0 heteroatoms. The zero-order valence-electron chi connectivity index (χ0n) is 5.56. The van der Waals surface area contributed by atoms with E-state index in [-0.39, 0.29) is 0 Å². The minimum atomic E-state index is 0.622. The maximum absolute atomic E-state index is 3.77. The lowest BCUT2D eigenvalue weighted by Gasteiger charge is -1.96. The minimum absolute atomic E-state index is 0.622. The molecule has 0 aliphatic carbocycles. The Kier molecular flexibility index (Phi) is 4.73. The van der Waals surface area contributed by atoms with E-state index in [0.29, 0.717) is 5.92 Å². The molecular formula is C8H14. The van der Waals surface area contributed by atoms with Gasteiger partial charge in [-0.1, -0.05) is 26.0 Å². The van der Waals surface area contributed by atoms with Gasteiger partial charge in [0.05, 0.1) is 0 Å². The lowest BCUT2D eigenvalue weighted by atomic mass is 10.1. The number of hydrogen-bond donors (Lipinski definition) is 0. The number of rotatable bonds is 3. The van der Waals surface area contributed by atoms with Crippen LogP contribution >= 0.6 is 0 Å². The molecule has 0 aromatic heterocycles. The van der Waals surface area contributed by atoms with Gasteiger partial charge in [0, 0.05) is 0 Å². The van der Waals surface area contributed by atoms with Crippen molar-refractivity contribution in [2.45, 2.75) is 19.8 Å². The lowest BCUT2D eigenvalue weighted by molar-refractivity contribution is 0.739. The van der Waals surface area contributed by atoms with Gasteiger partial charge in [0.2, 0.25) is 0 Å². The Morgan fingerprint density at radius 1 is 1.50 bits per heavy atom. The van der Waals surface area contributed by atoms with Gasteiger partial charge in [-0.05, 0) is 25.7 Å². The van der Waals surface area contributed by atoms with E-state index in [0.717, 1.165) is 12.8 Å². The summed E-state index contributed by atoms with van der Waals surface area (Å²) in [7, 11) is 0. The van der Waals surface area contributed by atoms with Gasteiger partial charge in [-0.2, -0.15) is 0 Å². The molecule has 0 aromatic carbocycles. The third-order valence-corrected chi connectivity index (χ3v) is 1.09. The average Bonchev–Trinajstić information content (AvgIpc) is 1.83. The summed E-state index contributed by atoms with van der Waals surface area (Å²) in [5.74, 6) is 0.622. The maximum atomic E-state index is 3.77. The SMILES string of the molecule is [CH2]CC=CC(C)C[CH2]. The van der Waals surface area contributed by atoms with Gasteiger partial charge in [-0.25, -0.2) is 0 Å². The topological polar surface area (TPSA) is 0 Å². The predicted octanol–water partition coefficient (Wildman–Crippen LogP) is 2.63. The van der Waals surface area contributed by atoms with Crippen molar-refractivity contribution in [3.8, 4) is 0 Å². The van der Waals surface area contributed by atoms with Gasteiger partial charge >= 0.3 is 0 Å². The van der Waals surface area contributed by atoms with Crippen LogP contribution in [0.4, 0.5) is 0 Å². The van der Waals surface area contributed by atoms with E-state index in [1.807, 2.05) is 0 Å². The van der Waals surface area contributed by atoms with E-state index in [1.54, 1.807) is 0 Å². The van der Waals surface area contributed by atoms with Crippen molar-refractivity contribution < 1.29 is 0 Å². The molecule has 8 heavy (non-hydrogen) atoms. The van der Waals surface area contributed by atoms with Crippen LogP contribution in [-0.4, -0.2) is 0 Å². The van der Waals surface area contributed by atoms with Crippen molar-refractivity contribution in [1.82, 2.24) is 0 Å². The molecule has 46 valence electrons. The molecule has 0 N–H and O–H groups in total. The summed E-state index contributed by atoms with van der Waals surface area (Å²) in [6.45, 7) is 9.60. The van der Waals surface area contributed by atoms with E-state index in [2.05, 4.69) is 32.9 Å². The van der Waals surface area contributed by atoms with Gasteiger partial charge < -0.3 is 0 Å². The zero-order valence-corrected chi connectivity index (χ0v) is 5.56. The Balaban J connectivity index is 3.21. The molecule has 0 aliphatic heterocycles. The second-order valence-electron chi connectivity index (χ2n) is 1.98. The number of allylic oxidation sites excluding steroid dienone is 2. The van der Waals surface area contributed by atoms with Crippen molar-refractivity contribution in [3.63, 3.8) is 0 Å². The first-order chi connectivity index (χ1) is 3.81. The Bertz CT molecular complexity index is 62.4. The van der Waals surface area contributed by atoms with Crippen molar-refractivity contribution in [2.75, 3.05) is 0 Å². The van der Waals surface area contributed by atoms with E-state index in [9.17, 15) is 0 Å². The fourth-order valence-corrected chi connectivity index (χ4v) is 0.425. The second kappa shape index (κ2) is 4.89. The molecule has 0 nitrogen and oxygen atoms in total. The molecule has 0 saturated heterocycles. The molecule has 0 bridgehead atoms. The van der Waals surface area contributed by atoms with Crippen molar-refractivity contribution in [2.24, 2.45) is 5.92 Å². The molecular weight excluding hydrogens is 96.1 g/mol. The molecule has 1 unspecified atom stereocenters. The summed E-state index contributed by atoms with van der Waals surface area (Å²) in [6, 6.07) is 0. The molecule has 0 heterocycles. The minimum Gasteiger partial charge on any atom is -0.0883 e. The highest BCUT2D eigenvalue weighted by molar-refractivity contribution is 4.86. The summed E-state index contributed by atoms with van der Waals surface area (Å²) >= 11 is 0. The van der Waals surface area contributed by atoms with Crippen LogP contribution in [0.2, 0.25) is 0 Å². The summed E-state index contributed by atoms with van der Waals surface area (Å²) < 4.78 is 0. The van der Waals surface area contributed by atoms with Gasteiger partial charge in [0.25, 0.3) is 0 Å². The summed E-state index contributed by atoms with van der Waals surface area (Å²) in [5.41, 5.74) is 0. The first kappa shape index (κ1) is 7.74. The highest BCUT2D eigenvalue weighted by Gasteiger charge is 1.87. The van der Waals surface area contributed by atoms with Gasteiger partial charge in [-0.3, -0.25) is 0 Å². The van der Waals surface area contributed by atoms with Crippen molar-refractivity contribution in [3.05, 3.63) is 26.0 Å². The third-order valence-electron chi connectivity index (χ3n) is 1.09. The molecule has 0 amide bonds. The Labute approximate surface area is 52.6 Å². The molecule has 0 spiro atoms. The predicted molar refractivity (Wildman–Crippen MR) is 38.3 cm³/mol. The monoisotopic (exact) mass is 110 g/mol. The molecule has 0 aromatic rings. The molecule has 0 rings (SSSR count). The van der Waals surface area contributed by atoms with Crippen LogP contribution in [-0.2, 0) is 0 Å². The summed E-state index contributed by atoms with van der Waals surface area (Å²) in [6.07, 6.45) is 6.11. The van der Waals surface area contributed by atoms with Crippen LogP contribution in [0.3, 0.4) is 0 Å². The fourth-order valence-electron chi connectivity index (χ4n) is 0.425. The first-order valence-corrected chi connectivity index (χ1v) is 3.06. The second-order valence-corrected chi connectivity index (χ2v) is 1.98. The molecule has 0 saturated carbocycles. The molecule has 2 radical (unpaired) electrons. The fraction of sp³-hybridized carbons (Fsp3) is 0.500. The normalized spacial score (nSPS) is 14.9. The lowest BCUT2D eigenvalue weighted by Crippen LogP contribution is -1.83.